The highest BCUT2D eigenvalue weighted by Crippen LogP contribution is 2.06. The normalized spacial score (nSPS) is 8.80. The number of carbonyl (C=O) groups is 1. The Bertz CT molecular complexity index is 230. The number of rotatable bonds is 2. The van der Waals surface area contributed by atoms with Gasteiger partial charge in [-0.15, -0.1) is 11.3 Å². The lowest BCUT2D eigenvalue weighted by Gasteiger charge is -1.91. The molecule has 0 bridgehead atoms. The minimum Gasteiger partial charge on any atom is -0.318 e. The summed E-state index contributed by atoms with van der Waals surface area (Å²) in [5.41, 5.74) is 1.21. The van der Waals surface area contributed by atoms with Gasteiger partial charge in [0.1, 0.15) is 0 Å². The predicted octanol–water partition coefficient (Wildman–Crippen LogP) is 1.44. The van der Waals surface area contributed by atoms with E-state index in [9.17, 15) is 4.79 Å². The van der Waals surface area contributed by atoms with Crippen LogP contribution in [0.25, 0.3) is 0 Å². The first-order chi connectivity index (χ1) is 4.84. The van der Waals surface area contributed by atoms with Gasteiger partial charge in [0.2, 0.25) is 0 Å². The Morgan fingerprint density at radius 1 is 1.80 bits per heavy atom. The van der Waals surface area contributed by atoms with E-state index in [0.717, 1.165) is 0 Å². The van der Waals surface area contributed by atoms with Crippen LogP contribution in [0.2, 0.25) is 0 Å². The molecule has 0 saturated carbocycles. The highest BCUT2D eigenvalue weighted by atomic mass is 32.1. The fourth-order valence-corrected chi connectivity index (χ4v) is 1.27. The van der Waals surface area contributed by atoms with E-state index in [1.807, 2.05) is 11.4 Å². The first-order valence-electron chi connectivity index (χ1n) is 2.62. The predicted molar refractivity (Wildman–Crippen MR) is 45.4 cm³/mol. The van der Waals surface area contributed by atoms with E-state index in [4.69, 9.17) is 0 Å². The number of thiocarbonyl (C=S) groups is 1. The maximum absolute atomic E-state index is 10.9. The third-order valence-corrected chi connectivity index (χ3v) is 1.92. The monoisotopic (exact) mass is 171 g/mol. The van der Waals surface area contributed by atoms with Crippen LogP contribution in [-0.4, -0.2) is 11.4 Å². The van der Waals surface area contributed by atoms with Crippen molar-refractivity contribution in [2.24, 2.45) is 0 Å². The summed E-state index contributed by atoms with van der Waals surface area (Å²) in [5.74, 6) is -0.134. The van der Waals surface area contributed by atoms with Crippen molar-refractivity contribution < 1.29 is 4.79 Å². The summed E-state index contributed by atoms with van der Waals surface area (Å²) in [6, 6.07) is 3.57. The third kappa shape index (κ3) is 1.62. The van der Waals surface area contributed by atoms with Crippen LogP contribution in [0.15, 0.2) is 17.5 Å². The second-order valence-electron chi connectivity index (χ2n) is 1.57. The number of amides is 1. The quantitative estimate of drug-likeness (QED) is 0.682. The Labute approximate surface area is 67.9 Å². The van der Waals surface area contributed by atoms with Crippen molar-refractivity contribution >= 4 is 35.0 Å². The minimum atomic E-state index is -0.134. The molecule has 0 spiro atoms. The number of carbonyl (C=O) groups excluding carboxylic acids is 1. The first-order valence-corrected chi connectivity index (χ1v) is 3.97. The molecular weight excluding hydrogens is 166 g/mol. The summed E-state index contributed by atoms with van der Waals surface area (Å²) in [4.78, 5) is 11.6. The van der Waals surface area contributed by atoms with Crippen molar-refractivity contribution in [3.05, 3.63) is 22.4 Å². The Morgan fingerprint density at radius 3 is 3.10 bits per heavy atom. The summed E-state index contributed by atoms with van der Waals surface area (Å²) in [7, 11) is 0. The number of hydrogen-bond acceptors (Lipinski definition) is 3. The van der Waals surface area contributed by atoms with Gasteiger partial charge in [0.15, 0.2) is 0 Å². The molecular formula is C6H5NOS2. The lowest BCUT2D eigenvalue weighted by molar-refractivity contribution is 0.0983. The molecule has 0 atom stereocenters. The lowest BCUT2D eigenvalue weighted by atomic mass is 10.4. The number of hydrogen-bond donors (Lipinski definition) is 1. The van der Waals surface area contributed by atoms with Crippen LogP contribution < -0.4 is 5.32 Å². The third-order valence-electron chi connectivity index (χ3n) is 0.935. The molecule has 2 nitrogen and oxygen atoms in total. The topological polar surface area (TPSA) is 29.1 Å². The molecule has 52 valence electrons. The standard InChI is InChI=1S/C6H5NOS2/c8-6(7-4-9)5-2-1-3-10-5/h1-4H,(H,7,8,9). The van der Waals surface area contributed by atoms with Gasteiger partial charge in [0.05, 0.1) is 10.4 Å². The molecule has 0 fully saturated rings. The van der Waals surface area contributed by atoms with Crippen molar-refractivity contribution in [2.45, 2.75) is 0 Å². The molecule has 1 rings (SSSR count). The molecule has 0 radical (unpaired) electrons. The zero-order chi connectivity index (χ0) is 7.40. The van der Waals surface area contributed by atoms with Crippen molar-refractivity contribution in [3.63, 3.8) is 0 Å². The first kappa shape index (κ1) is 7.37. The molecule has 0 unspecified atom stereocenters. The van der Waals surface area contributed by atoms with Gasteiger partial charge in [0, 0.05) is 0 Å². The van der Waals surface area contributed by atoms with Gasteiger partial charge in [-0.25, -0.2) is 0 Å². The maximum atomic E-state index is 10.9. The molecule has 0 aromatic carbocycles. The van der Waals surface area contributed by atoms with Gasteiger partial charge in [-0.2, -0.15) is 0 Å². The van der Waals surface area contributed by atoms with E-state index >= 15 is 0 Å². The smallest absolute Gasteiger partial charge is 0.265 e. The van der Waals surface area contributed by atoms with Crippen molar-refractivity contribution in [1.82, 2.24) is 5.32 Å². The summed E-state index contributed by atoms with van der Waals surface area (Å²) in [6.07, 6.45) is 0. The molecule has 1 heterocycles. The van der Waals surface area contributed by atoms with Gasteiger partial charge < -0.3 is 5.32 Å². The van der Waals surface area contributed by atoms with Crippen LogP contribution in [0.1, 0.15) is 9.67 Å². The van der Waals surface area contributed by atoms with Crippen LogP contribution in [0, 0.1) is 0 Å². The molecule has 1 aromatic heterocycles. The summed E-state index contributed by atoms with van der Waals surface area (Å²) in [5, 5.41) is 4.25. The molecule has 1 N–H and O–H groups in total. The van der Waals surface area contributed by atoms with Crippen LogP contribution in [-0.2, 0) is 0 Å². The van der Waals surface area contributed by atoms with Crippen LogP contribution in [0.5, 0.6) is 0 Å². The highest BCUT2D eigenvalue weighted by Gasteiger charge is 2.01. The molecule has 0 aliphatic rings. The van der Waals surface area contributed by atoms with Gasteiger partial charge in [-0.1, -0.05) is 18.3 Å². The molecule has 1 aromatic rings. The van der Waals surface area contributed by atoms with E-state index in [0.29, 0.717) is 4.88 Å². The molecule has 0 saturated heterocycles. The van der Waals surface area contributed by atoms with E-state index in [1.54, 1.807) is 6.07 Å². The molecule has 0 aliphatic carbocycles. The fourth-order valence-electron chi connectivity index (χ4n) is 0.532. The van der Waals surface area contributed by atoms with Gasteiger partial charge in [-0.05, 0) is 11.4 Å². The number of nitrogens with one attached hydrogen (secondary N) is 1. The molecule has 0 aliphatic heterocycles. The maximum Gasteiger partial charge on any atom is 0.265 e. The van der Waals surface area contributed by atoms with E-state index in [2.05, 4.69) is 17.5 Å². The van der Waals surface area contributed by atoms with Gasteiger partial charge >= 0.3 is 0 Å². The SMILES string of the molecule is O=C(NC=S)c1cccs1. The van der Waals surface area contributed by atoms with Gasteiger partial charge in [0.25, 0.3) is 5.91 Å². The average Bonchev–Trinajstić information content (AvgIpc) is 2.38. The molecule has 4 heteroatoms. The van der Waals surface area contributed by atoms with E-state index < -0.39 is 0 Å². The Balaban J connectivity index is 2.68. The molecule has 1 amide bonds. The fraction of sp³-hybridized carbons (Fsp3) is 0. The summed E-state index contributed by atoms with van der Waals surface area (Å²) >= 11 is 5.84. The van der Waals surface area contributed by atoms with E-state index in [1.165, 1.54) is 16.8 Å². The molecule has 10 heavy (non-hydrogen) atoms. The van der Waals surface area contributed by atoms with Crippen LogP contribution in [0.4, 0.5) is 0 Å². The van der Waals surface area contributed by atoms with Crippen molar-refractivity contribution in [2.75, 3.05) is 0 Å². The van der Waals surface area contributed by atoms with Crippen LogP contribution >= 0.6 is 23.6 Å². The minimum absolute atomic E-state index is 0.134. The zero-order valence-electron chi connectivity index (χ0n) is 5.03. The van der Waals surface area contributed by atoms with Gasteiger partial charge in [-0.3, -0.25) is 4.79 Å². The Kier molecular flexibility index (Phi) is 2.53. The van der Waals surface area contributed by atoms with E-state index in [-0.39, 0.29) is 5.91 Å². The highest BCUT2D eigenvalue weighted by molar-refractivity contribution is 7.78. The van der Waals surface area contributed by atoms with Crippen LogP contribution in [0.3, 0.4) is 0 Å². The Hall–Kier alpha value is -0.740. The second kappa shape index (κ2) is 3.43. The zero-order valence-corrected chi connectivity index (χ0v) is 6.67. The largest absolute Gasteiger partial charge is 0.318 e. The lowest BCUT2D eigenvalue weighted by Crippen LogP contribution is -2.18. The average molecular weight is 171 g/mol. The van der Waals surface area contributed by atoms with Crippen molar-refractivity contribution in [3.8, 4) is 0 Å². The second-order valence-corrected chi connectivity index (χ2v) is 2.75. The summed E-state index contributed by atoms with van der Waals surface area (Å²) in [6.45, 7) is 0. The Morgan fingerprint density at radius 2 is 2.60 bits per heavy atom. The number of thiophene rings is 1. The van der Waals surface area contributed by atoms with Crippen molar-refractivity contribution in [1.29, 1.82) is 0 Å². The summed E-state index contributed by atoms with van der Waals surface area (Å²) < 4.78 is 0.